The van der Waals surface area contributed by atoms with E-state index >= 15 is 0 Å². The molecule has 1 atom stereocenters. The Morgan fingerprint density at radius 3 is 2.35 bits per heavy atom. The van der Waals surface area contributed by atoms with Gasteiger partial charge >= 0.3 is 18.0 Å². The number of nitrogens with zero attached hydrogens (tertiary/aromatic N) is 1. The van der Waals surface area contributed by atoms with E-state index < -0.39 is 23.9 Å². The number of carbonyl (C=O) groups excluding carboxylic acids is 4. The second-order valence-electron chi connectivity index (χ2n) is 10.3. The van der Waals surface area contributed by atoms with Gasteiger partial charge in [-0.25, -0.2) is 19.8 Å². The lowest BCUT2D eigenvalue weighted by Gasteiger charge is -2.28. The highest BCUT2D eigenvalue weighted by molar-refractivity contribution is 14.1. The van der Waals surface area contributed by atoms with Gasteiger partial charge in [0.05, 0.1) is 47.3 Å². The Morgan fingerprint density at radius 2 is 1.65 bits per heavy atom. The van der Waals surface area contributed by atoms with E-state index in [0.29, 0.717) is 34.7 Å². The average Bonchev–Trinajstić information content (AvgIpc) is 3.06. The first-order chi connectivity index (χ1) is 23.5. The highest BCUT2D eigenvalue weighted by Crippen LogP contribution is 2.35. The molecule has 0 unspecified atom stereocenters. The fourth-order valence-electron chi connectivity index (χ4n) is 4.69. The van der Waals surface area contributed by atoms with Crippen molar-refractivity contribution in [3.63, 3.8) is 0 Å². The minimum atomic E-state index is -0.789. The first-order valence-electron chi connectivity index (χ1n) is 15.0. The predicted octanol–water partition coefficient (Wildman–Crippen LogP) is 5.38. The van der Waals surface area contributed by atoms with E-state index in [2.05, 4.69) is 66.3 Å². The maximum Gasteiger partial charge on any atom is 0.338 e. The summed E-state index contributed by atoms with van der Waals surface area (Å²) in [4.78, 5) is 49.5. The number of rotatable bonds is 14. The molecule has 0 radical (unpaired) electrons. The van der Waals surface area contributed by atoms with E-state index in [-0.39, 0.29) is 42.9 Å². The number of halogens is 2. The second kappa shape index (κ2) is 17.8. The largest absolute Gasteiger partial charge is 0.493 e. The number of esters is 2. The molecule has 0 saturated carbocycles. The minimum absolute atomic E-state index is 0.174. The zero-order valence-electron chi connectivity index (χ0n) is 27.1. The zero-order valence-corrected chi connectivity index (χ0v) is 31.4. The van der Waals surface area contributed by atoms with Gasteiger partial charge in [0.2, 0.25) is 0 Å². The molecular formula is C34H34I2N4O9. The van der Waals surface area contributed by atoms with E-state index in [1.807, 2.05) is 12.1 Å². The van der Waals surface area contributed by atoms with Crippen molar-refractivity contribution in [2.45, 2.75) is 33.4 Å². The van der Waals surface area contributed by atoms with Crippen molar-refractivity contribution in [2.24, 2.45) is 5.10 Å². The molecule has 0 saturated heterocycles. The molecule has 3 N–H and O–H groups in total. The number of amides is 3. The summed E-state index contributed by atoms with van der Waals surface area (Å²) in [5.41, 5.74) is 5.61. The van der Waals surface area contributed by atoms with Crippen LogP contribution in [-0.2, 0) is 25.7 Å². The number of hydrazone groups is 1. The predicted molar refractivity (Wildman–Crippen MR) is 197 cm³/mol. The normalized spacial score (nSPS) is 14.1. The molecule has 0 bridgehead atoms. The average molecular weight is 896 g/mol. The standard InChI is InChI=1S/C34H34I2N4O9/c1-5-46-32(42)21-9-7-20(8-10-21)17-49-31-23(13-24(35)15-25(31)36)16-37-40-28(41)18-48-26-12-11-22(14-27(26)45-4)30-29(33(43)47-6-2)19(3)38-34(44)39-30/h7-16,30H,5-6,17-18H2,1-4H3,(H,40,41)(H2,38,39,44)/b37-16+/t30-/m0/s1. The van der Waals surface area contributed by atoms with E-state index in [0.717, 1.165) is 12.7 Å². The van der Waals surface area contributed by atoms with Crippen molar-refractivity contribution in [3.05, 3.63) is 95.3 Å². The quantitative estimate of drug-likeness (QED) is 0.0836. The summed E-state index contributed by atoms with van der Waals surface area (Å²) in [6.45, 7) is 5.41. The summed E-state index contributed by atoms with van der Waals surface area (Å²) < 4.78 is 29.3. The SMILES string of the molecule is CCOC(=O)C1=C(C)NC(=O)N[C@H]1c1ccc(OCC(=O)N/N=C/c2cc(I)cc(I)c2OCc2ccc(C(=O)OCC)cc2)c(OC)c1. The van der Waals surface area contributed by atoms with Gasteiger partial charge in [-0.2, -0.15) is 5.10 Å². The number of nitrogens with one attached hydrogen (secondary N) is 3. The molecule has 1 aliphatic heterocycles. The third kappa shape index (κ3) is 10.1. The van der Waals surface area contributed by atoms with Crippen LogP contribution >= 0.6 is 45.2 Å². The smallest absolute Gasteiger partial charge is 0.338 e. The highest BCUT2D eigenvalue weighted by atomic mass is 127. The number of hydrogen-bond donors (Lipinski definition) is 3. The van der Waals surface area contributed by atoms with Gasteiger partial charge in [0, 0.05) is 14.8 Å². The first-order valence-corrected chi connectivity index (χ1v) is 17.2. The second-order valence-corrected chi connectivity index (χ2v) is 12.7. The molecule has 0 aliphatic carbocycles. The molecule has 49 heavy (non-hydrogen) atoms. The molecule has 258 valence electrons. The number of hydrogen-bond acceptors (Lipinski definition) is 10. The maximum atomic E-state index is 12.7. The van der Waals surface area contributed by atoms with Crippen molar-refractivity contribution in [3.8, 4) is 17.2 Å². The molecule has 0 spiro atoms. The van der Waals surface area contributed by atoms with Crippen molar-refractivity contribution in [1.82, 2.24) is 16.1 Å². The van der Waals surface area contributed by atoms with Crippen molar-refractivity contribution >= 4 is 75.3 Å². The van der Waals surface area contributed by atoms with Gasteiger partial charge in [-0.3, -0.25) is 4.79 Å². The molecule has 3 amide bonds. The number of methoxy groups -OCH3 is 1. The Balaban J connectivity index is 1.39. The molecule has 3 aromatic carbocycles. The number of carbonyl (C=O) groups is 4. The molecule has 15 heteroatoms. The van der Waals surface area contributed by atoms with Gasteiger partial charge in [0.15, 0.2) is 18.1 Å². The monoisotopic (exact) mass is 896 g/mol. The fourth-order valence-corrected chi connectivity index (χ4v) is 6.74. The van der Waals surface area contributed by atoms with E-state index in [1.54, 1.807) is 63.2 Å². The Hall–Kier alpha value is -4.39. The lowest BCUT2D eigenvalue weighted by atomic mass is 9.95. The Kier molecular flexibility index (Phi) is 13.6. The topological polar surface area (TPSA) is 163 Å². The van der Waals surface area contributed by atoms with Crippen LogP contribution in [-0.4, -0.2) is 57.0 Å². The van der Waals surface area contributed by atoms with Crippen molar-refractivity contribution in [2.75, 3.05) is 26.9 Å². The van der Waals surface area contributed by atoms with E-state index in [9.17, 15) is 19.2 Å². The van der Waals surface area contributed by atoms with E-state index in [1.165, 1.54) is 13.3 Å². The summed E-state index contributed by atoms with van der Waals surface area (Å²) in [5, 5.41) is 9.43. The number of ether oxygens (including phenoxy) is 5. The van der Waals surface area contributed by atoms with Crippen LogP contribution < -0.4 is 30.3 Å². The van der Waals surface area contributed by atoms with Gasteiger partial charge in [-0.05, 0) is 113 Å². The van der Waals surface area contributed by atoms with Gasteiger partial charge < -0.3 is 34.3 Å². The van der Waals surface area contributed by atoms with Crippen LogP contribution in [0, 0.1) is 7.14 Å². The summed E-state index contributed by atoms with van der Waals surface area (Å²) >= 11 is 4.36. The Morgan fingerprint density at radius 1 is 0.939 bits per heavy atom. The maximum absolute atomic E-state index is 12.7. The minimum Gasteiger partial charge on any atom is -0.493 e. The lowest BCUT2D eigenvalue weighted by molar-refractivity contribution is -0.139. The lowest BCUT2D eigenvalue weighted by Crippen LogP contribution is -2.45. The van der Waals surface area contributed by atoms with Gasteiger partial charge in [0.1, 0.15) is 12.4 Å². The summed E-state index contributed by atoms with van der Waals surface area (Å²) in [6, 6.07) is 14.4. The third-order valence-corrected chi connectivity index (χ3v) is 8.35. The van der Waals surface area contributed by atoms with Crippen LogP contribution in [0.3, 0.4) is 0 Å². The van der Waals surface area contributed by atoms with Crippen LogP contribution in [0.15, 0.2) is 71.0 Å². The molecule has 1 heterocycles. The third-order valence-electron chi connectivity index (χ3n) is 6.92. The van der Waals surface area contributed by atoms with Crippen molar-refractivity contribution < 1.29 is 42.9 Å². The van der Waals surface area contributed by atoms with Crippen LogP contribution in [0.2, 0.25) is 0 Å². The fraction of sp³-hybridized carbons (Fsp3) is 0.265. The van der Waals surface area contributed by atoms with Crippen LogP contribution in [0.25, 0.3) is 0 Å². The molecule has 4 rings (SSSR count). The summed E-state index contributed by atoms with van der Waals surface area (Å²) in [7, 11) is 1.44. The van der Waals surface area contributed by atoms with Crippen LogP contribution in [0.4, 0.5) is 4.79 Å². The van der Waals surface area contributed by atoms with E-state index in [4.69, 9.17) is 23.7 Å². The first kappa shape index (κ1) is 37.4. The molecule has 1 aliphatic rings. The summed E-state index contributed by atoms with van der Waals surface area (Å²) in [6.07, 6.45) is 1.49. The Bertz CT molecular complexity index is 1780. The van der Waals surface area contributed by atoms with Gasteiger partial charge in [-0.15, -0.1) is 0 Å². The molecule has 0 aromatic heterocycles. The number of benzene rings is 3. The molecule has 13 nitrogen and oxygen atoms in total. The van der Waals surface area contributed by atoms with Crippen LogP contribution in [0.1, 0.15) is 53.9 Å². The summed E-state index contributed by atoms with van der Waals surface area (Å²) in [5.74, 6) is -0.339. The Labute approximate surface area is 310 Å². The highest BCUT2D eigenvalue weighted by Gasteiger charge is 2.32. The zero-order chi connectivity index (χ0) is 35.5. The molecule has 0 fully saturated rings. The van der Waals surface area contributed by atoms with Gasteiger partial charge in [-0.1, -0.05) is 18.2 Å². The van der Waals surface area contributed by atoms with Crippen LogP contribution in [0.5, 0.6) is 17.2 Å². The van der Waals surface area contributed by atoms with Gasteiger partial charge in [0.25, 0.3) is 5.91 Å². The van der Waals surface area contributed by atoms with Crippen molar-refractivity contribution in [1.29, 1.82) is 0 Å². The number of allylic oxidation sites excluding steroid dienone is 1. The molecular weight excluding hydrogens is 862 g/mol. The molecule has 3 aromatic rings. The number of urea groups is 1.